The molecule has 0 atom stereocenters. The number of hydrogen-bond donors (Lipinski definition) is 0. The van der Waals surface area contributed by atoms with Crippen LogP contribution in [0.2, 0.25) is 0 Å². The molecule has 0 amide bonds. The van der Waals surface area contributed by atoms with Gasteiger partial charge in [0.15, 0.2) is 0 Å². The summed E-state index contributed by atoms with van der Waals surface area (Å²) in [6.07, 6.45) is 10.6. The van der Waals surface area contributed by atoms with Gasteiger partial charge in [-0.2, -0.15) is 0 Å². The molecular formula is C11H12N2O2. The molecule has 15 heavy (non-hydrogen) atoms. The Morgan fingerprint density at radius 2 is 1.87 bits per heavy atom. The summed E-state index contributed by atoms with van der Waals surface area (Å²) < 4.78 is 2.73. The van der Waals surface area contributed by atoms with E-state index >= 15 is 0 Å². The van der Waals surface area contributed by atoms with Crippen molar-refractivity contribution in [2.45, 2.75) is 25.9 Å². The molecule has 0 aliphatic heterocycles. The van der Waals surface area contributed by atoms with Gasteiger partial charge in [0.05, 0.1) is 6.54 Å². The Morgan fingerprint density at radius 1 is 1.27 bits per heavy atom. The second-order valence-electron chi connectivity index (χ2n) is 3.84. The maximum atomic E-state index is 11.6. The van der Waals surface area contributed by atoms with Crippen molar-refractivity contribution in [2.75, 3.05) is 0 Å². The number of hydrogen-bond acceptors (Lipinski definition) is 2. The van der Waals surface area contributed by atoms with Crippen LogP contribution in [0.15, 0.2) is 22.0 Å². The van der Waals surface area contributed by atoms with Crippen LogP contribution >= 0.6 is 0 Å². The minimum atomic E-state index is -0.531. The molecule has 1 heterocycles. The van der Waals surface area contributed by atoms with E-state index in [0.717, 1.165) is 12.8 Å². The molecule has 1 aliphatic carbocycles. The molecule has 2 rings (SSSR count). The summed E-state index contributed by atoms with van der Waals surface area (Å²) in [4.78, 5) is 23.1. The van der Waals surface area contributed by atoms with Crippen LogP contribution in [0.4, 0.5) is 0 Å². The van der Waals surface area contributed by atoms with Crippen LogP contribution in [0.1, 0.15) is 12.8 Å². The van der Waals surface area contributed by atoms with Crippen molar-refractivity contribution in [1.29, 1.82) is 0 Å². The van der Waals surface area contributed by atoms with Gasteiger partial charge >= 0.3 is 11.1 Å². The van der Waals surface area contributed by atoms with Crippen molar-refractivity contribution >= 4 is 0 Å². The summed E-state index contributed by atoms with van der Waals surface area (Å²) in [6.45, 7) is 0.809. The first-order valence-electron chi connectivity index (χ1n) is 4.95. The molecule has 0 radical (unpaired) electrons. The molecule has 4 nitrogen and oxygen atoms in total. The van der Waals surface area contributed by atoms with Gasteiger partial charge in [0.1, 0.15) is 0 Å². The Balaban J connectivity index is 2.35. The van der Waals surface area contributed by atoms with Crippen molar-refractivity contribution in [2.24, 2.45) is 5.92 Å². The molecule has 1 aromatic heterocycles. The topological polar surface area (TPSA) is 44.0 Å². The normalized spacial score (nSPS) is 14.9. The lowest BCUT2D eigenvalue weighted by molar-refractivity contribution is 0.581. The minimum Gasteiger partial charge on any atom is -0.309 e. The number of terminal acetylenes is 1. The van der Waals surface area contributed by atoms with Gasteiger partial charge in [-0.15, -0.1) is 6.42 Å². The smallest absolute Gasteiger partial charge is 0.309 e. The Labute approximate surface area is 87.2 Å². The van der Waals surface area contributed by atoms with Crippen LogP contribution in [-0.2, 0) is 13.1 Å². The van der Waals surface area contributed by atoms with Gasteiger partial charge in [-0.3, -0.25) is 14.2 Å². The van der Waals surface area contributed by atoms with E-state index in [-0.39, 0.29) is 6.54 Å². The SMILES string of the molecule is C#CCn1ccn(CC2CC2)c(=O)c1=O. The van der Waals surface area contributed by atoms with Gasteiger partial charge < -0.3 is 4.57 Å². The Hall–Kier alpha value is -1.76. The van der Waals surface area contributed by atoms with Crippen molar-refractivity contribution in [1.82, 2.24) is 9.13 Å². The molecule has 0 spiro atoms. The Bertz CT molecular complexity index is 515. The first-order valence-corrected chi connectivity index (χ1v) is 4.95. The summed E-state index contributed by atoms with van der Waals surface area (Å²) in [5.41, 5.74) is -1.00. The van der Waals surface area contributed by atoms with Gasteiger partial charge in [-0.05, 0) is 18.8 Å². The Kier molecular flexibility index (Phi) is 2.46. The highest BCUT2D eigenvalue weighted by molar-refractivity contribution is 4.93. The monoisotopic (exact) mass is 204 g/mol. The molecular weight excluding hydrogens is 192 g/mol. The van der Waals surface area contributed by atoms with Gasteiger partial charge in [0.2, 0.25) is 0 Å². The van der Waals surface area contributed by atoms with Crippen LogP contribution < -0.4 is 11.1 Å². The second-order valence-corrected chi connectivity index (χ2v) is 3.84. The predicted octanol–water partition coefficient (Wildman–Crippen LogP) is 0.0532. The predicted molar refractivity (Wildman–Crippen MR) is 56.5 cm³/mol. The molecule has 0 bridgehead atoms. The van der Waals surface area contributed by atoms with E-state index < -0.39 is 11.1 Å². The molecule has 0 unspecified atom stereocenters. The summed E-state index contributed by atoms with van der Waals surface area (Å²) >= 11 is 0. The fourth-order valence-corrected chi connectivity index (χ4v) is 1.49. The maximum Gasteiger partial charge on any atom is 0.317 e. The van der Waals surface area contributed by atoms with Gasteiger partial charge in [-0.25, -0.2) is 0 Å². The molecule has 0 aromatic carbocycles. The largest absolute Gasteiger partial charge is 0.317 e. The zero-order chi connectivity index (χ0) is 10.8. The number of aromatic nitrogens is 2. The highest BCUT2D eigenvalue weighted by Gasteiger charge is 2.22. The first kappa shape index (κ1) is 9.78. The second kappa shape index (κ2) is 3.77. The van der Waals surface area contributed by atoms with E-state index in [9.17, 15) is 9.59 Å². The molecule has 0 N–H and O–H groups in total. The number of nitrogens with zero attached hydrogens (tertiary/aromatic N) is 2. The Morgan fingerprint density at radius 3 is 2.47 bits per heavy atom. The lowest BCUT2D eigenvalue weighted by Crippen LogP contribution is -2.40. The lowest BCUT2D eigenvalue weighted by atomic mass is 10.4. The van der Waals surface area contributed by atoms with E-state index in [1.54, 1.807) is 12.4 Å². The molecule has 1 aliphatic rings. The fraction of sp³-hybridized carbons (Fsp3) is 0.455. The average Bonchev–Trinajstić information content (AvgIpc) is 3.02. The zero-order valence-corrected chi connectivity index (χ0v) is 8.35. The van der Waals surface area contributed by atoms with Crippen LogP contribution in [0.5, 0.6) is 0 Å². The van der Waals surface area contributed by atoms with Crippen molar-refractivity contribution < 1.29 is 0 Å². The average molecular weight is 204 g/mol. The zero-order valence-electron chi connectivity index (χ0n) is 8.35. The molecule has 1 fully saturated rings. The summed E-state index contributed by atoms with van der Waals surface area (Å²) in [7, 11) is 0. The van der Waals surface area contributed by atoms with E-state index in [2.05, 4.69) is 5.92 Å². The van der Waals surface area contributed by atoms with E-state index in [4.69, 9.17) is 6.42 Å². The number of rotatable bonds is 3. The van der Waals surface area contributed by atoms with Crippen molar-refractivity contribution in [3.05, 3.63) is 33.1 Å². The fourth-order valence-electron chi connectivity index (χ4n) is 1.49. The van der Waals surface area contributed by atoms with Crippen LogP contribution in [0, 0.1) is 18.3 Å². The summed E-state index contributed by atoms with van der Waals surface area (Å²) in [5.74, 6) is 2.91. The molecule has 0 saturated heterocycles. The molecule has 1 aromatic rings. The summed E-state index contributed by atoms with van der Waals surface area (Å²) in [6, 6.07) is 0. The summed E-state index contributed by atoms with van der Waals surface area (Å²) in [5, 5.41) is 0. The van der Waals surface area contributed by atoms with E-state index in [1.807, 2.05) is 0 Å². The quantitative estimate of drug-likeness (QED) is 0.516. The minimum absolute atomic E-state index is 0.151. The van der Waals surface area contributed by atoms with Crippen molar-refractivity contribution in [3.63, 3.8) is 0 Å². The third kappa shape index (κ3) is 2.01. The lowest BCUT2D eigenvalue weighted by Gasteiger charge is -2.05. The molecule has 1 saturated carbocycles. The highest BCUT2D eigenvalue weighted by atomic mass is 16.2. The molecule has 4 heteroatoms. The van der Waals surface area contributed by atoms with E-state index in [0.29, 0.717) is 12.5 Å². The van der Waals surface area contributed by atoms with Crippen LogP contribution in [-0.4, -0.2) is 9.13 Å². The van der Waals surface area contributed by atoms with Crippen LogP contribution in [0.25, 0.3) is 0 Å². The third-order valence-corrected chi connectivity index (χ3v) is 2.54. The van der Waals surface area contributed by atoms with Gasteiger partial charge in [-0.1, -0.05) is 5.92 Å². The maximum absolute atomic E-state index is 11.6. The van der Waals surface area contributed by atoms with Crippen molar-refractivity contribution in [3.8, 4) is 12.3 Å². The van der Waals surface area contributed by atoms with Gasteiger partial charge in [0.25, 0.3) is 0 Å². The first-order chi connectivity index (χ1) is 7.22. The highest BCUT2D eigenvalue weighted by Crippen LogP contribution is 2.29. The van der Waals surface area contributed by atoms with Gasteiger partial charge in [0, 0.05) is 18.9 Å². The molecule has 78 valence electrons. The standard InChI is InChI=1S/C11H12N2O2/c1-2-5-12-6-7-13(8-9-3-4-9)11(15)10(12)14/h1,6-7,9H,3-5,8H2. The third-order valence-electron chi connectivity index (χ3n) is 2.54. The van der Waals surface area contributed by atoms with E-state index in [1.165, 1.54) is 9.13 Å². The van der Waals surface area contributed by atoms with Crippen LogP contribution in [0.3, 0.4) is 0 Å².